The van der Waals surface area contributed by atoms with Gasteiger partial charge in [0.2, 0.25) is 0 Å². The maximum absolute atomic E-state index is 14.8. The van der Waals surface area contributed by atoms with E-state index in [1.807, 2.05) is 19.0 Å². The van der Waals surface area contributed by atoms with Crippen molar-refractivity contribution < 1.29 is 27.8 Å². The number of alkyl halides is 1. The monoisotopic (exact) mass is 460 g/mol. The summed E-state index contributed by atoms with van der Waals surface area (Å²) in [5.41, 5.74) is -0.519. The molecule has 0 spiro atoms. The van der Waals surface area contributed by atoms with Gasteiger partial charge in [-0.15, -0.1) is 0 Å². The molecule has 9 heteroatoms. The van der Waals surface area contributed by atoms with Gasteiger partial charge in [0.05, 0.1) is 18.2 Å². The molecule has 1 aliphatic heterocycles. The zero-order chi connectivity index (χ0) is 23.3. The van der Waals surface area contributed by atoms with E-state index in [4.69, 9.17) is 21.1 Å². The Labute approximate surface area is 187 Å². The van der Waals surface area contributed by atoms with Crippen LogP contribution in [0.3, 0.4) is 0 Å². The number of Topliss-reactive ketones (excluding diaryl/α,β-unsaturated/α-hetero) is 1. The molecule has 1 aliphatic rings. The van der Waals surface area contributed by atoms with E-state index in [0.717, 1.165) is 4.90 Å². The van der Waals surface area contributed by atoms with Gasteiger partial charge in [-0.1, -0.05) is 23.7 Å². The number of likely N-dealkylation sites (tertiary alicyclic amines) is 1. The molecule has 1 amide bonds. The molecule has 0 aromatic heterocycles. The summed E-state index contributed by atoms with van der Waals surface area (Å²) in [7, 11) is 3.69. The van der Waals surface area contributed by atoms with Gasteiger partial charge in [-0.05, 0) is 52.9 Å². The van der Waals surface area contributed by atoms with Crippen molar-refractivity contribution in [1.29, 1.82) is 0 Å². The van der Waals surface area contributed by atoms with Gasteiger partial charge in [-0.3, -0.25) is 9.69 Å². The predicted octanol–water partition coefficient (Wildman–Crippen LogP) is 3.89. The summed E-state index contributed by atoms with van der Waals surface area (Å²) in [5, 5.41) is -0.0325. The lowest BCUT2D eigenvalue weighted by atomic mass is 9.99. The lowest BCUT2D eigenvalue weighted by molar-refractivity contribution is -0.128. The summed E-state index contributed by atoms with van der Waals surface area (Å²) in [5.74, 6) is -1.00. The van der Waals surface area contributed by atoms with Crippen LogP contribution in [0.15, 0.2) is 18.2 Å². The summed E-state index contributed by atoms with van der Waals surface area (Å²) in [6.07, 6.45) is -3.44. The lowest BCUT2D eigenvalue weighted by Crippen LogP contribution is -2.48. The zero-order valence-electron chi connectivity index (χ0n) is 18.7. The number of hydrogen-bond acceptors (Lipinski definition) is 5. The largest absolute Gasteiger partial charge is 0.444 e. The number of amides is 1. The van der Waals surface area contributed by atoms with Crippen LogP contribution in [-0.2, 0) is 20.7 Å². The molecule has 0 bridgehead atoms. The Morgan fingerprint density at radius 3 is 2.58 bits per heavy atom. The molecule has 31 heavy (non-hydrogen) atoms. The van der Waals surface area contributed by atoms with Crippen molar-refractivity contribution in [2.75, 3.05) is 33.8 Å². The third-order valence-corrected chi connectivity index (χ3v) is 5.15. The zero-order valence-corrected chi connectivity index (χ0v) is 19.4. The number of aryl methyl sites for hydroxylation is 1. The van der Waals surface area contributed by atoms with E-state index < -0.39 is 41.6 Å². The minimum Gasteiger partial charge on any atom is -0.444 e. The SMILES string of the molecule is CN(C)CCO[C@H]1[C@@H](C(=O)CCc2cccc(Cl)c2F)N(C(=O)OC(C)(C)C)C[C@@H]1F. The minimum absolute atomic E-state index is 0.0325. The molecular formula is C22H31ClF2N2O4. The lowest BCUT2D eigenvalue weighted by Gasteiger charge is -2.29. The van der Waals surface area contributed by atoms with E-state index in [1.165, 1.54) is 12.1 Å². The molecule has 1 aromatic rings. The molecule has 1 fully saturated rings. The van der Waals surface area contributed by atoms with E-state index in [9.17, 15) is 18.4 Å². The first-order valence-corrected chi connectivity index (χ1v) is 10.6. The second kappa shape index (κ2) is 10.7. The molecule has 6 nitrogen and oxygen atoms in total. The van der Waals surface area contributed by atoms with Crippen molar-refractivity contribution in [2.45, 2.75) is 57.5 Å². The normalized spacial score (nSPS) is 21.6. The van der Waals surface area contributed by atoms with Crippen LogP contribution >= 0.6 is 11.6 Å². The highest BCUT2D eigenvalue weighted by atomic mass is 35.5. The molecular weight excluding hydrogens is 430 g/mol. The maximum atomic E-state index is 14.8. The van der Waals surface area contributed by atoms with Crippen molar-refractivity contribution in [3.05, 3.63) is 34.6 Å². The first-order valence-electron chi connectivity index (χ1n) is 10.3. The van der Waals surface area contributed by atoms with Crippen molar-refractivity contribution in [3.63, 3.8) is 0 Å². The van der Waals surface area contributed by atoms with Crippen LogP contribution in [0, 0.1) is 5.82 Å². The number of benzene rings is 1. The van der Waals surface area contributed by atoms with Crippen molar-refractivity contribution in [3.8, 4) is 0 Å². The fourth-order valence-corrected chi connectivity index (χ4v) is 3.55. The number of hydrogen-bond donors (Lipinski definition) is 0. The van der Waals surface area contributed by atoms with E-state index in [-0.39, 0.29) is 36.6 Å². The van der Waals surface area contributed by atoms with Crippen LogP contribution in [0.5, 0.6) is 0 Å². The molecule has 0 saturated carbocycles. The van der Waals surface area contributed by atoms with Gasteiger partial charge >= 0.3 is 6.09 Å². The summed E-state index contributed by atoms with van der Waals surface area (Å²) < 4.78 is 40.1. The van der Waals surface area contributed by atoms with E-state index in [1.54, 1.807) is 26.8 Å². The van der Waals surface area contributed by atoms with E-state index in [0.29, 0.717) is 6.54 Å². The van der Waals surface area contributed by atoms with Gasteiger partial charge in [0, 0.05) is 13.0 Å². The molecule has 0 unspecified atom stereocenters. The Balaban J connectivity index is 2.19. The van der Waals surface area contributed by atoms with Crippen LogP contribution in [0.25, 0.3) is 0 Å². The average molecular weight is 461 g/mol. The molecule has 3 atom stereocenters. The first kappa shape index (κ1) is 25.5. The molecule has 0 radical (unpaired) electrons. The number of carbonyl (C=O) groups excluding carboxylic acids is 2. The van der Waals surface area contributed by atoms with Gasteiger partial charge in [-0.2, -0.15) is 0 Å². The number of halogens is 3. The van der Waals surface area contributed by atoms with Crippen LogP contribution < -0.4 is 0 Å². The second-order valence-electron chi connectivity index (χ2n) is 8.91. The van der Waals surface area contributed by atoms with Gasteiger partial charge < -0.3 is 14.4 Å². The van der Waals surface area contributed by atoms with Crippen LogP contribution in [-0.4, -0.2) is 79.4 Å². The highest BCUT2D eigenvalue weighted by Crippen LogP contribution is 2.28. The number of nitrogens with zero attached hydrogens (tertiary/aromatic N) is 2. The maximum Gasteiger partial charge on any atom is 0.411 e. The summed E-state index contributed by atoms with van der Waals surface area (Å²) >= 11 is 5.80. The molecule has 1 aromatic carbocycles. The third kappa shape index (κ3) is 7.12. The van der Waals surface area contributed by atoms with Gasteiger partial charge in [0.25, 0.3) is 0 Å². The van der Waals surface area contributed by atoms with Gasteiger partial charge in [0.1, 0.15) is 29.7 Å². The quantitative estimate of drug-likeness (QED) is 0.589. The predicted molar refractivity (Wildman–Crippen MR) is 115 cm³/mol. The summed E-state index contributed by atoms with van der Waals surface area (Å²) in [6.45, 7) is 5.51. The molecule has 1 heterocycles. The summed E-state index contributed by atoms with van der Waals surface area (Å²) in [6, 6.07) is 3.41. The van der Waals surface area contributed by atoms with Crippen molar-refractivity contribution in [2.24, 2.45) is 0 Å². The van der Waals surface area contributed by atoms with Crippen LogP contribution in [0.1, 0.15) is 32.8 Å². The first-order chi connectivity index (χ1) is 14.4. The molecule has 2 rings (SSSR count). The van der Waals surface area contributed by atoms with Crippen LogP contribution in [0.2, 0.25) is 5.02 Å². The summed E-state index contributed by atoms with van der Waals surface area (Å²) in [4.78, 5) is 28.7. The fourth-order valence-electron chi connectivity index (χ4n) is 3.36. The number of rotatable bonds is 8. The molecule has 0 N–H and O–H groups in total. The molecule has 1 saturated heterocycles. The Morgan fingerprint density at radius 1 is 1.29 bits per heavy atom. The topological polar surface area (TPSA) is 59.1 Å². The van der Waals surface area contributed by atoms with Crippen LogP contribution in [0.4, 0.5) is 13.6 Å². The Morgan fingerprint density at radius 2 is 1.97 bits per heavy atom. The smallest absolute Gasteiger partial charge is 0.411 e. The Bertz CT molecular complexity index is 785. The average Bonchev–Trinajstić information content (AvgIpc) is 2.98. The number of ether oxygens (including phenoxy) is 2. The van der Waals surface area contributed by atoms with Gasteiger partial charge in [-0.25, -0.2) is 13.6 Å². The number of carbonyl (C=O) groups is 2. The second-order valence-corrected chi connectivity index (χ2v) is 9.32. The highest BCUT2D eigenvalue weighted by molar-refractivity contribution is 6.30. The molecule has 0 aliphatic carbocycles. The van der Waals surface area contributed by atoms with Crippen molar-refractivity contribution >= 4 is 23.5 Å². The Kier molecular flexibility index (Phi) is 8.80. The van der Waals surface area contributed by atoms with Crippen molar-refractivity contribution in [1.82, 2.24) is 9.80 Å². The standard InChI is InChI=1S/C22H31ClF2N2O4/c1-22(2,3)31-21(29)27-13-16(24)20(30-12-11-26(4)5)19(27)17(28)10-9-14-7-6-8-15(23)18(14)25/h6-8,16,19-20H,9-13H2,1-5H3/t16-,19+,20+/m0/s1. The molecule has 174 valence electrons. The van der Waals surface area contributed by atoms with Gasteiger partial charge in [0.15, 0.2) is 5.78 Å². The van der Waals surface area contributed by atoms with E-state index in [2.05, 4.69) is 0 Å². The minimum atomic E-state index is -1.54. The third-order valence-electron chi connectivity index (χ3n) is 4.85. The highest BCUT2D eigenvalue weighted by Gasteiger charge is 2.49. The van der Waals surface area contributed by atoms with E-state index >= 15 is 0 Å². The number of likely N-dealkylation sites (N-methyl/N-ethyl adjacent to an activating group) is 1. The Hall–Kier alpha value is -1.77. The fraction of sp³-hybridized carbons (Fsp3) is 0.636. The number of ketones is 1.